The second kappa shape index (κ2) is 11.6. The largest absolute Gasteiger partial charge is 0.488 e. The SMILES string of the molecule is NCCC1=C[N]C(=S)N1[C@H]1COc2c(F)cc(F)cc2C1.O=C(O)CCCCC(=O)O. The lowest BCUT2D eigenvalue weighted by molar-refractivity contribution is -0.139. The van der Waals surface area contributed by atoms with Crippen LogP contribution in [-0.4, -0.2) is 51.4 Å². The molecule has 0 unspecified atom stereocenters. The zero-order chi connectivity index (χ0) is 23.0. The molecule has 2 aliphatic rings. The summed E-state index contributed by atoms with van der Waals surface area (Å²) in [4.78, 5) is 21.7. The molecule has 1 radical (unpaired) electrons. The number of benzene rings is 1. The van der Waals surface area contributed by atoms with E-state index in [1.165, 1.54) is 6.07 Å². The van der Waals surface area contributed by atoms with Crippen molar-refractivity contribution in [3.05, 3.63) is 41.2 Å². The highest BCUT2D eigenvalue weighted by Crippen LogP contribution is 2.32. The molecule has 0 amide bonds. The van der Waals surface area contributed by atoms with Crippen LogP contribution >= 0.6 is 12.2 Å². The number of nitrogens with two attached hydrogens (primary N) is 1. The molecule has 0 bridgehead atoms. The summed E-state index contributed by atoms with van der Waals surface area (Å²) in [7, 11) is 0. The van der Waals surface area contributed by atoms with E-state index < -0.39 is 23.6 Å². The van der Waals surface area contributed by atoms with Crippen LogP contribution in [-0.2, 0) is 16.0 Å². The van der Waals surface area contributed by atoms with Crippen LogP contribution < -0.4 is 15.8 Å². The summed E-state index contributed by atoms with van der Waals surface area (Å²) in [6.07, 6.45) is 3.80. The normalized spacial score (nSPS) is 17.0. The van der Waals surface area contributed by atoms with Crippen molar-refractivity contribution in [2.24, 2.45) is 5.73 Å². The Labute approximate surface area is 183 Å². The first-order chi connectivity index (χ1) is 14.7. The van der Waals surface area contributed by atoms with Crippen LogP contribution in [0.5, 0.6) is 5.75 Å². The number of carbonyl (C=O) groups is 2. The minimum Gasteiger partial charge on any atom is -0.488 e. The first kappa shape index (κ1) is 24.5. The minimum atomic E-state index is -0.870. The second-order valence-corrected chi connectivity index (χ2v) is 7.35. The first-order valence-electron chi connectivity index (χ1n) is 9.70. The van der Waals surface area contributed by atoms with Crippen LogP contribution in [0.25, 0.3) is 0 Å². The van der Waals surface area contributed by atoms with Crippen molar-refractivity contribution in [3.63, 3.8) is 0 Å². The van der Waals surface area contributed by atoms with Crippen LogP contribution in [0.4, 0.5) is 8.78 Å². The van der Waals surface area contributed by atoms with Gasteiger partial charge in [-0.05, 0) is 37.7 Å². The molecule has 0 aromatic heterocycles. The van der Waals surface area contributed by atoms with Gasteiger partial charge in [0, 0.05) is 49.2 Å². The molecule has 4 N–H and O–H groups in total. The van der Waals surface area contributed by atoms with Gasteiger partial charge in [0.05, 0.1) is 6.04 Å². The van der Waals surface area contributed by atoms with Crippen molar-refractivity contribution < 1.29 is 33.3 Å². The van der Waals surface area contributed by atoms with Crippen molar-refractivity contribution >= 4 is 29.3 Å². The highest BCUT2D eigenvalue weighted by Gasteiger charge is 2.33. The van der Waals surface area contributed by atoms with Gasteiger partial charge in [-0.2, -0.15) is 0 Å². The maximum absolute atomic E-state index is 13.7. The van der Waals surface area contributed by atoms with Crippen LogP contribution in [0.3, 0.4) is 0 Å². The van der Waals surface area contributed by atoms with Gasteiger partial charge in [0.1, 0.15) is 12.4 Å². The fraction of sp³-hybridized carbons (Fsp3) is 0.450. The Morgan fingerprint density at radius 2 is 1.87 bits per heavy atom. The molecule has 0 saturated heterocycles. The monoisotopic (exact) mass is 456 g/mol. The van der Waals surface area contributed by atoms with Gasteiger partial charge < -0.3 is 25.6 Å². The molecule has 2 aliphatic heterocycles. The summed E-state index contributed by atoms with van der Waals surface area (Å²) in [5.74, 6) is -2.90. The molecule has 1 aromatic rings. The predicted molar refractivity (Wildman–Crippen MR) is 111 cm³/mol. The second-order valence-electron chi connectivity index (χ2n) is 6.98. The van der Waals surface area contributed by atoms with Gasteiger partial charge in [0.15, 0.2) is 16.7 Å². The van der Waals surface area contributed by atoms with E-state index in [0.29, 0.717) is 42.9 Å². The van der Waals surface area contributed by atoms with E-state index in [0.717, 1.165) is 11.8 Å². The summed E-state index contributed by atoms with van der Waals surface area (Å²) in [5, 5.41) is 20.8. The topological polar surface area (TPSA) is 127 Å². The Hall–Kier alpha value is -2.79. The number of unbranched alkanes of at least 4 members (excludes halogenated alkanes) is 1. The molecule has 169 valence electrons. The van der Waals surface area contributed by atoms with E-state index in [2.05, 4.69) is 5.32 Å². The maximum Gasteiger partial charge on any atom is 0.303 e. The average molecular weight is 456 g/mol. The zero-order valence-electron chi connectivity index (χ0n) is 16.7. The van der Waals surface area contributed by atoms with Crippen molar-refractivity contribution in [1.29, 1.82) is 0 Å². The smallest absolute Gasteiger partial charge is 0.303 e. The van der Waals surface area contributed by atoms with Gasteiger partial charge in [-0.15, -0.1) is 0 Å². The van der Waals surface area contributed by atoms with E-state index in [9.17, 15) is 18.4 Å². The Kier molecular flexibility index (Phi) is 9.13. The Balaban J connectivity index is 0.000000291. The van der Waals surface area contributed by atoms with Gasteiger partial charge in [-0.1, -0.05) is 0 Å². The summed E-state index contributed by atoms with van der Waals surface area (Å²) in [5.41, 5.74) is 7.00. The third-order valence-electron chi connectivity index (χ3n) is 4.60. The molecular weight excluding hydrogens is 432 g/mol. The Morgan fingerprint density at radius 1 is 1.23 bits per heavy atom. The lowest BCUT2D eigenvalue weighted by Crippen LogP contribution is -2.44. The summed E-state index contributed by atoms with van der Waals surface area (Å²) >= 11 is 5.23. The molecule has 0 spiro atoms. The van der Waals surface area contributed by atoms with Gasteiger partial charge in [0.2, 0.25) is 0 Å². The predicted octanol–water partition coefficient (Wildman–Crippen LogP) is 2.38. The number of halogens is 2. The molecule has 2 heterocycles. The van der Waals surface area contributed by atoms with Gasteiger partial charge in [-0.3, -0.25) is 9.59 Å². The molecule has 1 atom stereocenters. The van der Waals surface area contributed by atoms with Crippen molar-refractivity contribution in [1.82, 2.24) is 10.2 Å². The number of aliphatic carboxylic acids is 2. The van der Waals surface area contributed by atoms with Gasteiger partial charge >= 0.3 is 11.9 Å². The molecule has 31 heavy (non-hydrogen) atoms. The first-order valence-corrected chi connectivity index (χ1v) is 10.1. The van der Waals surface area contributed by atoms with Crippen molar-refractivity contribution in [2.45, 2.75) is 44.6 Å². The standard InChI is InChI=1S/C14H14F2N3OS.C6H10O4/c15-9-3-8-4-11(7-20-13(8)12(16)5-9)19-10(1-2-17)6-18-14(19)21;7-5(8)3-1-2-4-6(9)10/h3,5-6,11H,1-2,4,7,17H2;1-4H2,(H,7,8)(H,9,10)/t11-;/m1./s1. The number of carboxylic acid groups (broad SMARTS) is 2. The highest BCUT2D eigenvalue weighted by atomic mass is 32.1. The number of fused-ring (bicyclic) bond motifs is 1. The molecule has 3 rings (SSSR count). The molecule has 0 aliphatic carbocycles. The van der Waals surface area contributed by atoms with E-state index >= 15 is 0 Å². The molecule has 1 aromatic carbocycles. The fourth-order valence-corrected chi connectivity index (χ4v) is 3.56. The Bertz CT molecular complexity index is 849. The van der Waals surface area contributed by atoms with E-state index in [-0.39, 0.29) is 31.2 Å². The Morgan fingerprint density at radius 3 is 2.45 bits per heavy atom. The van der Waals surface area contributed by atoms with Crippen LogP contribution in [0.1, 0.15) is 37.7 Å². The number of hydrogen-bond donors (Lipinski definition) is 3. The van der Waals surface area contributed by atoms with Gasteiger partial charge in [-0.25, -0.2) is 14.1 Å². The lowest BCUT2D eigenvalue weighted by atomic mass is 10.0. The molecule has 11 heteroatoms. The summed E-state index contributed by atoms with van der Waals surface area (Å²) in [6, 6.07) is 2.00. The minimum absolute atomic E-state index is 0.0628. The zero-order valence-corrected chi connectivity index (χ0v) is 17.5. The number of thiocarbonyl (C=S) groups is 1. The van der Waals surface area contributed by atoms with E-state index in [1.54, 1.807) is 6.20 Å². The molecule has 0 fully saturated rings. The molecule has 0 saturated carbocycles. The van der Waals surface area contributed by atoms with Crippen LogP contribution in [0, 0.1) is 11.6 Å². The molecular formula is C20H24F2N3O5S. The number of nitrogens with zero attached hydrogens (tertiary/aromatic N) is 2. The number of rotatable bonds is 8. The van der Waals surface area contributed by atoms with Crippen LogP contribution in [0.2, 0.25) is 0 Å². The van der Waals surface area contributed by atoms with Crippen LogP contribution in [0.15, 0.2) is 24.0 Å². The summed E-state index contributed by atoms with van der Waals surface area (Å²) in [6.45, 7) is 0.751. The van der Waals surface area contributed by atoms with E-state index in [1.807, 2.05) is 4.90 Å². The third kappa shape index (κ3) is 7.14. The summed E-state index contributed by atoms with van der Waals surface area (Å²) < 4.78 is 32.5. The number of carboxylic acids is 2. The van der Waals surface area contributed by atoms with Crippen molar-refractivity contribution in [3.8, 4) is 5.75 Å². The quantitative estimate of drug-likeness (QED) is 0.402. The fourth-order valence-electron chi connectivity index (χ4n) is 3.24. The van der Waals surface area contributed by atoms with Crippen molar-refractivity contribution in [2.75, 3.05) is 13.2 Å². The lowest BCUT2D eigenvalue weighted by Gasteiger charge is -2.34. The average Bonchev–Trinajstić information content (AvgIpc) is 3.05. The number of ether oxygens (including phenoxy) is 1. The third-order valence-corrected chi connectivity index (χ3v) is 4.90. The number of hydrogen-bond acceptors (Lipinski definition) is 5. The van der Waals surface area contributed by atoms with Gasteiger partial charge in [0.25, 0.3) is 0 Å². The van der Waals surface area contributed by atoms with E-state index in [4.69, 9.17) is 32.9 Å². The maximum atomic E-state index is 13.7. The molecule has 8 nitrogen and oxygen atoms in total. The highest BCUT2D eigenvalue weighted by molar-refractivity contribution is 7.80.